The molecule has 0 aliphatic carbocycles. The lowest BCUT2D eigenvalue weighted by molar-refractivity contribution is -0.138. The van der Waals surface area contributed by atoms with Gasteiger partial charge in [-0.05, 0) is 80.9 Å². The summed E-state index contributed by atoms with van der Waals surface area (Å²) in [4.78, 5) is 21.9. The molecule has 6 nitrogen and oxygen atoms in total. The number of fused-ring (bicyclic) bond motifs is 1. The summed E-state index contributed by atoms with van der Waals surface area (Å²) in [7, 11) is 0. The van der Waals surface area contributed by atoms with Crippen LogP contribution in [0.15, 0.2) is 42.6 Å². The van der Waals surface area contributed by atoms with Crippen molar-refractivity contribution in [3.63, 3.8) is 0 Å². The van der Waals surface area contributed by atoms with E-state index in [0.717, 1.165) is 58.4 Å². The highest BCUT2D eigenvalue weighted by atomic mass is 32.1. The third kappa shape index (κ3) is 4.49. The summed E-state index contributed by atoms with van der Waals surface area (Å²) in [5.74, 6) is 1.56. The fraction of sp³-hybridized carbons (Fsp3) is 0.462. The van der Waals surface area contributed by atoms with Crippen LogP contribution in [-0.2, 0) is 11.3 Å². The summed E-state index contributed by atoms with van der Waals surface area (Å²) in [5, 5.41) is 1.30. The van der Waals surface area contributed by atoms with Crippen molar-refractivity contribution in [1.29, 1.82) is 0 Å². The molecule has 7 heteroatoms. The molecule has 0 unspecified atom stereocenters. The number of amides is 1. The van der Waals surface area contributed by atoms with Gasteiger partial charge in [0.1, 0.15) is 5.82 Å². The third-order valence-corrected chi connectivity index (χ3v) is 8.05. The Morgan fingerprint density at radius 3 is 2.55 bits per heavy atom. The van der Waals surface area contributed by atoms with Gasteiger partial charge in [-0.1, -0.05) is 31.0 Å². The Hall–Kier alpha value is -2.51. The van der Waals surface area contributed by atoms with E-state index < -0.39 is 0 Å². The summed E-state index contributed by atoms with van der Waals surface area (Å²) in [6, 6.07) is 12.5. The van der Waals surface area contributed by atoms with Gasteiger partial charge < -0.3 is 10.6 Å². The largest absolute Gasteiger partial charge is 0.384 e. The van der Waals surface area contributed by atoms with Gasteiger partial charge in [0.05, 0.1) is 5.52 Å². The molecule has 0 bridgehead atoms. The molecule has 2 saturated heterocycles. The lowest BCUT2D eigenvalue weighted by Gasteiger charge is -2.37. The molecular formula is C26H33N5OS. The average Bonchev–Trinajstić information content (AvgIpc) is 3.09. The van der Waals surface area contributed by atoms with Gasteiger partial charge in [0.15, 0.2) is 0 Å². The van der Waals surface area contributed by atoms with Gasteiger partial charge in [-0.2, -0.15) is 0 Å². The van der Waals surface area contributed by atoms with Crippen LogP contribution in [0.25, 0.3) is 10.9 Å². The van der Waals surface area contributed by atoms with E-state index in [9.17, 15) is 4.79 Å². The molecule has 5 rings (SSSR count). The van der Waals surface area contributed by atoms with Crippen LogP contribution >= 0.6 is 12.8 Å². The molecule has 1 amide bonds. The minimum absolute atomic E-state index is 0.154. The van der Waals surface area contributed by atoms with E-state index in [2.05, 4.69) is 46.0 Å². The van der Waals surface area contributed by atoms with Gasteiger partial charge in [-0.15, -0.1) is 0 Å². The highest BCUT2D eigenvalue weighted by Crippen LogP contribution is 2.38. The van der Waals surface area contributed by atoms with Gasteiger partial charge in [0.2, 0.25) is 5.91 Å². The average molecular weight is 464 g/mol. The predicted molar refractivity (Wildman–Crippen MR) is 136 cm³/mol. The second kappa shape index (κ2) is 9.39. The zero-order valence-corrected chi connectivity index (χ0v) is 20.2. The number of carbonyl (C=O) groups excluding carboxylic acids is 1. The second-order valence-corrected chi connectivity index (χ2v) is 9.97. The Morgan fingerprint density at radius 1 is 1.09 bits per heavy atom. The van der Waals surface area contributed by atoms with Crippen molar-refractivity contribution in [2.24, 2.45) is 5.92 Å². The molecule has 2 aliphatic heterocycles. The number of hydrogen-bond acceptors (Lipinski definition) is 5. The number of piperidine rings is 2. The van der Waals surface area contributed by atoms with Crippen LogP contribution in [0.4, 0.5) is 5.82 Å². The molecule has 1 aromatic carbocycles. The number of benzene rings is 1. The zero-order chi connectivity index (χ0) is 22.9. The Morgan fingerprint density at radius 2 is 1.82 bits per heavy atom. The van der Waals surface area contributed by atoms with E-state index in [1.165, 1.54) is 27.7 Å². The molecule has 2 aromatic heterocycles. The number of nitrogen functional groups attached to an aromatic ring is 1. The number of hydrogen-bond donors (Lipinski definition) is 2. The molecule has 3 aromatic rings. The first kappa shape index (κ1) is 22.3. The molecule has 33 heavy (non-hydrogen) atoms. The molecular weight excluding hydrogens is 430 g/mol. The molecule has 2 N–H and O–H groups in total. The Kier molecular flexibility index (Phi) is 6.34. The van der Waals surface area contributed by atoms with Crippen LogP contribution < -0.4 is 5.73 Å². The molecule has 4 heterocycles. The van der Waals surface area contributed by atoms with Crippen molar-refractivity contribution in [1.82, 2.24) is 18.8 Å². The lowest BCUT2D eigenvalue weighted by atomic mass is 9.86. The normalized spacial score (nSPS) is 18.8. The maximum atomic E-state index is 13.3. The number of nitrogens with two attached hydrogens (primary N) is 1. The fourth-order valence-corrected chi connectivity index (χ4v) is 6.01. The number of nitrogens with zero attached hydrogens (tertiary/aromatic N) is 4. The quantitative estimate of drug-likeness (QED) is 0.568. The van der Waals surface area contributed by atoms with Crippen molar-refractivity contribution >= 4 is 35.4 Å². The fourth-order valence-electron chi connectivity index (χ4n) is 5.73. The summed E-state index contributed by atoms with van der Waals surface area (Å²) >= 11 is 4.71. The third-order valence-electron chi connectivity index (χ3n) is 7.53. The standard InChI is InChI=1S/C26H33N5OS/c1-18-25(22-4-2-3-5-23(22)31(18)33)20-9-14-30(15-10-20)26(32)21-7-12-29(13-8-21)17-19-6-11-28-24(27)16-19/h2-6,11,16,20-21,33H,7-10,12-15,17H2,1H3,(H2,27,28). The highest BCUT2D eigenvalue weighted by molar-refractivity contribution is 7.78. The number of likely N-dealkylation sites (tertiary alicyclic amines) is 2. The van der Waals surface area contributed by atoms with Gasteiger partial charge in [-0.3, -0.25) is 13.7 Å². The van der Waals surface area contributed by atoms with E-state index in [4.69, 9.17) is 18.5 Å². The van der Waals surface area contributed by atoms with Gasteiger partial charge >= 0.3 is 0 Å². The first-order chi connectivity index (χ1) is 16.0. The number of pyridine rings is 1. The van der Waals surface area contributed by atoms with Crippen molar-refractivity contribution in [2.75, 3.05) is 31.9 Å². The molecule has 174 valence electrons. The van der Waals surface area contributed by atoms with Crippen molar-refractivity contribution in [3.05, 3.63) is 59.4 Å². The summed E-state index contributed by atoms with van der Waals surface area (Å²) < 4.78 is 2.01. The van der Waals surface area contributed by atoms with Gasteiger partial charge in [-0.25, -0.2) is 4.98 Å². The monoisotopic (exact) mass is 463 g/mol. The van der Waals surface area contributed by atoms with E-state index in [1.807, 2.05) is 16.1 Å². The summed E-state index contributed by atoms with van der Waals surface area (Å²) in [5.41, 5.74) is 10.8. The van der Waals surface area contributed by atoms with Crippen LogP contribution in [0, 0.1) is 12.8 Å². The number of anilines is 1. The summed E-state index contributed by atoms with van der Waals surface area (Å²) in [6.45, 7) is 6.65. The van der Waals surface area contributed by atoms with Crippen LogP contribution in [-0.4, -0.2) is 50.8 Å². The van der Waals surface area contributed by atoms with Crippen LogP contribution in [0.2, 0.25) is 0 Å². The molecule has 0 saturated carbocycles. The maximum Gasteiger partial charge on any atom is 0.225 e. The van der Waals surface area contributed by atoms with Gasteiger partial charge in [0.25, 0.3) is 0 Å². The minimum Gasteiger partial charge on any atom is -0.384 e. The summed E-state index contributed by atoms with van der Waals surface area (Å²) in [6.07, 6.45) is 5.69. The van der Waals surface area contributed by atoms with Crippen molar-refractivity contribution in [3.8, 4) is 0 Å². The maximum absolute atomic E-state index is 13.3. The Balaban J connectivity index is 1.16. The van der Waals surface area contributed by atoms with E-state index in [-0.39, 0.29) is 5.92 Å². The van der Waals surface area contributed by atoms with Crippen LogP contribution in [0.1, 0.15) is 48.4 Å². The molecule has 2 aliphatic rings. The number of thiol groups is 1. The molecule has 0 atom stereocenters. The van der Waals surface area contributed by atoms with E-state index in [1.54, 1.807) is 6.20 Å². The number of aromatic nitrogens is 2. The van der Waals surface area contributed by atoms with Gasteiger partial charge in [0, 0.05) is 42.8 Å². The lowest BCUT2D eigenvalue weighted by Crippen LogP contribution is -2.45. The molecule has 0 spiro atoms. The second-order valence-electron chi connectivity index (χ2n) is 9.57. The zero-order valence-electron chi connectivity index (χ0n) is 19.3. The number of rotatable bonds is 4. The first-order valence-electron chi connectivity index (χ1n) is 12.0. The molecule has 2 fully saturated rings. The van der Waals surface area contributed by atoms with Crippen molar-refractivity contribution in [2.45, 2.75) is 45.1 Å². The minimum atomic E-state index is 0.154. The smallest absolute Gasteiger partial charge is 0.225 e. The van der Waals surface area contributed by atoms with E-state index in [0.29, 0.717) is 17.6 Å². The van der Waals surface area contributed by atoms with Crippen molar-refractivity contribution < 1.29 is 4.79 Å². The Labute approximate surface area is 201 Å². The first-order valence-corrected chi connectivity index (χ1v) is 12.4. The van der Waals surface area contributed by atoms with Crippen LogP contribution in [0.3, 0.4) is 0 Å². The van der Waals surface area contributed by atoms with E-state index >= 15 is 0 Å². The predicted octanol–water partition coefficient (Wildman–Crippen LogP) is 4.24. The topological polar surface area (TPSA) is 67.4 Å². The SMILES string of the molecule is Cc1c(C2CCN(C(=O)C3CCN(Cc4ccnc(N)c4)CC3)CC2)c2ccccc2n1S. The Bertz CT molecular complexity index is 1140. The van der Waals surface area contributed by atoms with Crippen LogP contribution in [0.5, 0.6) is 0 Å². The number of carbonyl (C=O) groups is 1. The number of para-hydroxylation sites is 1. The molecule has 0 radical (unpaired) electrons. The highest BCUT2D eigenvalue weighted by Gasteiger charge is 2.32.